The van der Waals surface area contributed by atoms with Crippen molar-refractivity contribution in [2.24, 2.45) is 0 Å². The highest BCUT2D eigenvalue weighted by Crippen LogP contribution is 2.18. The summed E-state index contributed by atoms with van der Waals surface area (Å²) in [4.78, 5) is 19.5. The van der Waals surface area contributed by atoms with Crippen LogP contribution in [0.2, 0.25) is 0 Å². The summed E-state index contributed by atoms with van der Waals surface area (Å²) in [6, 6.07) is 7.99. The highest BCUT2D eigenvalue weighted by molar-refractivity contribution is 9.10. The quantitative estimate of drug-likeness (QED) is 0.887. The second kappa shape index (κ2) is 5.27. The Morgan fingerprint density at radius 1 is 1.32 bits per heavy atom. The third kappa shape index (κ3) is 2.62. The fourth-order valence-corrected chi connectivity index (χ4v) is 2.74. The molecule has 98 valence electrons. The van der Waals surface area contributed by atoms with Gasteiger partial charge in [0.1, 0.15) is 5.82 Å². The molecule has 4 nitrogen and oxygen atoms in total. The van der Waals surface area contributed by atoms with Crippen LogP contribution < -0.4 is 10.9 Å². The van der Waals surface area contributed by atoms with Crippen LogP contribution in [-0.4, -0.2) is 16.5 Å². The van der Waals surface area contributed by atoms with Crippen molar-refractivity contribution < 1.29 is 0 Å². The van der Waals surface area contributed by atoms with E-state index in [1.165, 1.54) is 0 Å². The Labute approximate surface area is 119 Å². The van der Waals surface area contributed by atoms with Crippen LogP contribution in [0.4, 0.5) is 0 Å². The molecule has 0 aliphatic carbocycles. The predicted molar refractivity (Wildman–Crippen MR) is 77.2 cm³/mol. The van der Waals surface area contributed by atoms with Gasteiger partial charge in [0.15, 0.2) is 0 Å². The zero-order valence-electron chi connectivity index (χ0n) is 10.4. The molecule has 0 saturated heterocycles. The third-order valence-corrected chi connectivity index (χ3v) is 4.08. The van der Waals surface area contributed by atoms with Gasteiger partial charge >= 0.3 is 0 Å². The van der Waals surface area contributed by atoms with Crippen LogP contribution in [-0.2, 0) is 19.4 Å². The first-order valence-corrected chi connectivity index (χ1v) is 7.08. The molecule has 0 spiro atoms. The van der Waals surface area contributed by atoms with Gasteiger partial charge in [-0.3, -0.25) is 4.79 Å². The highest BCUT2D eigenvalue weighted by atomic mass is 79.9. The minimum atomic E-state index is -0.0146. The third-order valence-electron chi connectivity index (χ3n) is 3.31. The Morgan fingerprint density at radius 3 is 3.00 bits per heavy atom. The maximum Gasteiger partial charge on any atom is 0.255 e. The number of fused-ring (bicyclic) bond motifs is 1. The van der Waals surface area contributed by atoms with Gasteiger partial charge < -0.3 is 10.3 Å². The SMILES string of the molecule is O=c1[nH]c(Cc2ccccc2Br)nc2c1CNCC2. The summed E-state index contributed by atoms with van der Waals surface area (Å²) < 4.78 is 1.04. The maximum absolute atomic E-state index is 12.0. The standard InChI is InChI=1S/C14H14BrN3O/c15-11-4-2-1-3-9(11)7-13-17-12-5-6-16-8-10(12)14(19)18-13/h1-4,16H,5-8H2,(H,17,18,19). The van der Waals surface area contributed by atoms with Gasteiger partial charge in [-0.2, -0.15) is 0 Å². The number of nitrogens with zero attached hydrogens (tertiary/aromatic N) is 1. The summed E-state index contributed by atoms with van der Waals surface area (Å²) in [6.45, 7) is 1.50. The predicted octanol–water partition coefficient (Wildman–Crippen LogP) is 1.77. The van der Waals surface area contributed by atoms with Crippen LogP contribution in [0.1, 0.15) is 22.6 Å². The van der Waals surface area contributed by atoms with E-state index < -0.39 is 0 Å². The van der Waals surface area contributed by atoms with Crippen LogP contribution in [0.15, 0.2) is 33.5 Å². The largest absolute Gasteiger partial charge is 0.312 e. The number of aromatic amines is 1. The molecule has 2 aromatic rings. The normalized spacial score (nSPS) is 14.2. The minimum absolute atomic E-state index is 0.0146. The smallest absolute Gasteiger partial charge is 0.255 e. The molecule has 0 fully saturated rings. The van der Waals surface area contributed by atoms with Gasteiger partial charge in [-0.25, -0.2) is 4.98 Å². The van der Waals surface area contributed by atoms with Gasteiger partial charge in [-0.05, 0) is 11.6 Å². The summed E-state index contributed by atoms with van der Waals surface area (Å²) in [5.41, 5.74) is 2.82. The molecule has 0 atom stereocenters. The lowest BCUT2D eigenvalue weighted by Crippen LogP contribution is -2.32. The molecule has 1 aliphatic heterocycles. The average Bonchev–Trinajstić information content (AvgIpc) is 2.42. The highest BCUT2D eigenvalue weighted by Gasteiger charge is 2.15. The zero-order valence-corrected chi connectivity index (χ0v) is 12.0. The molecule has 0 bridgehead atoms. The molecular weight excluding hydrogens is 306 g/mol. The molecule has 3 rings (SSSR count). The lowest BCUT2D eigenvalue weighted by molar-refractivity contribution is 0.615. The molecule has 2 N–H and O–H groups in total. The second-order valence-corrected chi connectivity index (χ2v) is 5.49. The van der Waals surface area contributed by atoms with E-state index >= 15 is 0 Å². The Kier molecular flexibility index (Phi) is 3.48. The Hall–Kier alpha value is -1.46. The van der Waals surface area contributed by atoms with Gasteiger partial charge in [0.25, 0.3) is 5.56 Å². The van der Waals surface area contributed by atoms with E-state index in [1.807, 2.05) is 24.3 Å². The Morgan fingerprint density at radius 2 is 2.16 bits per heavy atom. The number of benzene rings is 1. The van der Waals surface area contributed by atoms with Crippen molar-refractivity contribution in [1.29, 1.82) is 0 Å². The second-order valence-electron chi connectivity index (χ2n) is 4.63. The van der Waals surface area contributed by atoms with Gasteiger partial charge in [-0.1, -0.05) is 34.1 Å². The summed E-state index contributed by atoms with van der Waals surface area (Å²) in [5.74, 6) is 0.734. The van der Waals surface area contributed by atoms with Gasteiger partial charge in [0.2, 0.25) is 0 Å². The average molecular weight is 320 g/mol. The first kappa shape index (κ1) is 12.6. The lowest BCUT2D eigenvalue weighted by atomic mass is 10.1. The van der Waals surface area contributed by atoms with E-state index in [0.717, 1.165) is 40.1 Å². The fourth-order valence-electron chi connectivity index (χ4n) is 2.31. The van der Waals surface area contributed by atoms with Gasteiger partial charge in [0, 0.05) is 30.4 Å². The molecule has 0 amide bonds. The fraction of sp³-hybridized carbons (Fsp3) is 0.286. The van der Waals surface area contributed by atoms with Crippen LogP contribution in [0.5, 0.6) is 0 Å². The number of hydrogen-bond donors (Lipinski definition) is 2. The monoisotopic (exact) mass is 319 g/mol. The summed E-state index contributed by atoms with van der Waals surface area (Å²) in [7, 11) is 0. The molecular formula is C14H14BrN3O. The van der Waals surface area contributed by atoms with Crippen molar-refractivity contribution in [3.05, 3.63) is 61.7 Å². The lowest BCUT2D eigenvalue weighted by Gasteiger charge is -2.16. The Balaban J connectivity index is 1.96. The van der Waals surface area contributed by atoms with E-state index in [-0.39, 0.29) is 5.56 Å². The molecule has 1 aromatic heterocycles. The summed E-state index contributed by atoms with van der Waals surface area (Å²) >= 11 is 3.52. The number of halogens is 1. The number of H-pyrrole nitrogens is 1. The maximum atomic E-state index is 12.0. The van der Waals surface area contributed by atoms with Crippen LogP contribution in [0, 0.1) is 0 Å². The van der Waals surface area contributed by atoms with Crippen molar-refractivity contribution in [1.82, 2.24) is 15.3 Å². The topological polar surface area (TPSA) is 57.8 Å². The van der Waals surface area contributed by atoms with Crippen molar-refractivity contribution in [3.63, 3.8) is 0 Å². The molecule has 5 heteroatoms. The Bertz CT molecular complexity index is 666. The van der Waals surface area contributed by atoms with Crippen LogP contribution in [0.25, 0.3) is 0 Å². The van der Waals surface area contributed by atoms with E-state index in [1.54, 1.807) is 0 Å². The molecule has 0 unspecified atom stereocenters. The summed E-state index contributed by atoms with van der Waals surface area (Å²) in [6.07, 6.45) is 1.46. The van der Waals surface area contributed by atoms with Gasteiger partial charge in [-0.15, -0.1) is 0 Å². The van der Waals surface area contributed by atoms with E-state index in [2.05, 4.69) is 31.2 Å². The summed E-state index contributed by atoms with van der Waals surface area (Å²) in [5, 5.41) is 3.19. The van der Waals surface area contributed by atoms with E-state index in [4.69, 9.17) is 0 Å². The number of hydrogen-bond acceptors (Lipinski definition) is 3. The molecule has 19 heavy (non-hydrogen) atoms. The van der Waals surface area contributed by atoms with Crippen LogP contribution in [0.3, 0.4) is 0 Å². The van der Waals surface area contributed by atoms with Crippen molar-refractivity contribution >= 4 is 15.9 Å². The molecule has 0 radical (unpaired) electrons. The minimum Gasteiger partial charge on any atom is -0.312 e. The van der Waals surface area contributed by atoms with E-state index in [9.17, 15) is 4.79 Å². The molecule has 1 aliphatic rings. The van der Waals surface area contributed by atoms with Crippen molar-refractivity contribution in [3.8, 4) is 0 Å². The zero-order chi connectivity index (χ0) is 13.2. The van der Waals surface area contributed by atoms with Gasteiger partial charge in [0.05, 0.1) is 11.3 Å². The van der Waals surface area contributed by atoms with Crippen molar-refractivity contribution in [2.45, 2.75) is 19.4 Å². The number of nitrogens with one attached hydrogen (secondary N) is 2. The molecule has 0 saturated carbocycles. The van der Waals surface area contributed by atoms with Crippen molar-refractivity contribution in [2.75, 3.05) is 6.54 Å². The number of aromatic nitrogens is 2. The molecule has 1 aromatic carbocycles. The first-order chi connectivity index (χ1) is 9.24. The van der Waals surface area contributed by atoms with E-state index in [0.29, 0.717) is 13.0 Å². The first-order valence-electron chi connectivity index (χ1n) is 6.29. The molecule has 2 heterocycles. The number of rotatable bonds is 2. The van der Waals surface area contributed by atoms with Crippen LogP contribution >= 0.6 is 15.9 Å².